The van der Waals surface area contributed by atoms with E-state index in [1.54, 1.807) is 7.11 Å². The monoisotopic (exact) mass is 371 g/mol. The number of para-hydroxylation sites is 1. The number of aryl methyl sites for hydroxylation is 1. The number of anilines is 1. The molecule has 0 saturated heterocycles. The molecule has 128 valence electrons. The molecule has 1 aromatic heterocycles. The Morgan fingerprint density at radius 1 is 1.16 bits per heavy atom. The summed E-state index contributed by atoms with van der Waals surface area (Å²) in [7, 11) is 1.62. The SMILES string of the molecule is COc1ccccc1-c1nnc(NC(=O)CSc2ccc(C)cc2)s1. The first-order chi connectivity index (χ1) is 12.2. The zero-order chi connectivity index (χ0) is 17.6. The molecule has 1 N–H and O–H groups in total. The number of amides is 1. The third-order valence-electron chi connectivity index (χ3n) is 3.40. The van der Waals surface area contributed by atoms with Crippen molar-refractivity contribution in [3.8, 4) is 16.3 Å². The molecule has 0 saturated carbocycles. The standard InChI is InChI=1S/C18H17N3O2S2/c1-12-7-9-13(10-8-12)24-11-16(22)19-18-21-20-17(25-18)14-5-3-4-6-15(14)23-2/h3-10H,11H2,1-2H3,(H,19,21,22). The Morgan fingerprint density at radius 3 is 2.68 bits per heavy atom. The molecule has 0 atom stereocenters. The van der Waals surface area contributed by atoms with Gasteiger partial charge in [0, 0.05) is 4.90 Å². The summed E-state index contributed by atoms with van der Waals surface area (Å²) in [5.74, 6) is 0.951. The number of hydrogen-bond acceptors (Lipinski definition) is 6. The first-order valence-corrected chi connectivity index (χ1v) is 9.42. The van der Waals surface area contributed by atoms with Crippen LogP contribution in [0.3, 0.4) is 0 Å². The number of nitrogens with one attached hydrogen (secondary N) is 1. The first-order valence-electron chi connectivity index (χ1n) is 7.62. The lowest BCUT2D eigenvalue weighted by molar-refractivity contribution is -0.113. The van der Waals surface area contributed by atoms with Gasteiger partial charge in [-0.2, -0.15) is 0 Å². The molecule has 7 heteroatoms. The van der Waals surface area contributed by atoms with Crippen LogP contribution < -0.4 is 10.1 Å². The van der Waals surface area contributed by atoms with E-state index in [-0.39, 0.29) is 5.91 Å². The van der Waals surface area contributed by atoms with E-state index in [9.17, 15) is 4.79 Å². The molecule has 1 amide bonds. The van der Waals surface area contributed by atoms with Crippen LogP contribution in [0, 0.1) is 6.92 Å². The van der Waals surface area contributed by atoms with E-state index in [2.05, 4.69) is 15.5 Å². The summed E-state index contributed by atoms with van der Waals surface area (Å²) in [4.78, 5) is 13.2. The number of nitrogens with zero attached hydrogens (tertiary/aromatic N) is 2. The maximum absolute atomic E-state index is 12.1. The van der Waals surface area contributed by atoms with E-state index in [1.165, 1.54) is 28.7 Å². The maximum Gasteiger partial charge on any atom is 0.236 e. The topological polar surface area (TPSA) is 64.1 Å². The van der Waals surface area contributed by atoms with Gasteiger partial charge in [0.1, 0.15) is 5.75 Å². The second kappa shape index (κ2) is 8.13. The van der Waals surface area contributed by atoms with Crippen LogP contribution in [0.4, 0.5) is 5.13 Å². The van der Waals surface area contributed by atoms with Crippen molar-refractivity contribution in [3.05, 3.63) is 54.1 Å². The van der Waals surface area contributed by atoms with Crippen LogP contribution in [-0.2, 0) is 4.79 Å². The zero-order valence-corrected chi connectivity index (χ0v) is 15.5. The van der Waals surface area contributed by atoms with Crippen molar-refractivity contribution in [2.75, 3.05) is 18.2 Å². The van der Waals surface area contributed by atoms with Crippen LogP contribution in [0.1, 0.15) is 5.56 Å². The van der Waals surface area contributed by atoms with Gasteiger partial charge in [0.25, 0.3) is 0 Å². The third kappa shape index (κ3) is 4.58. The highest BCUT2D eigenvalue weighted by Gasteiger charge is 2.13. The van der Waals surface area contributed by atoms with Crippen LogP contribution >= 0.6 is 23.1 Å². The molecule has 2 aromatic carbocycles. The van der Waals surface area contributed by atoms with Gasteiger partial charge in [0.15, 0.2) is 5.01 Å². The van der Waals surface area contributed by atoms with E-state index in [0.29, 0.717) is 15.9 Å². The van der Waals surface area contributed by atoms with E-state index in [0.717, 1.165) is 16.2 Å². The highest BCUT2D eigenvalue weighted by Crippen LogP contribution is 2.33. The molecule has 0 radical (unpaired) electrons. The predicted octanol–water partition coefficient (Wildman–Crippen LogP) is 4.25. The smallest absolute Gasteiger partial charge is 0.236 e. The van der Waals surface area contributed by atoms with E-state index in [4.69, 9.17) is 4.74 Å². The second-order valence-corrected chi connectivity index (χ2v) is 7.29. The quantitative estimate of drug-likeness (QED) is 0.656. The molecule has 0 bridgehead atoms. The number of aromatic nitrogens is 2. The molecular formula is C18H17N3O2S2. The molecule has 0 unspecified atom stereocenters. The Morgan fingerprint density at radius 2 is 1.92 bits per heavy atom. The highest BCUT2D eigenvalue weighted by atomic mass is 32.2. The number of thioether (sulfide) groups is 1. The number of methoxy groups -OCH3 is 1. The average molecular weight is 371 g/mol. The number of carbonyl (C=O) groups excluding carboxylic acids is 1. The van der Waals surface area contributed by atoms with Gasteiger partial charge in [-0.3, -0.25) is 10.1 Å². The third-order valence-corrected chi connectivity index (χ3v) is 5.28. The lowest BCUT2D eigenvalue weighted by atomic mass is 10.2. The number of benzene rings is 2. The van der Waals surface area contributed by atoms with Gasteiger partial charge in [-0.25, -0.2) is 0 Å². The maximum atomic E-state index is 12.1. The van der Waals surface area contributed by atoms with E-state index < -0.39 is 0 Å². The van der Waals surface area contributed by atoms with Crippen LogP contribution in [0.2, 0.25) is 0 Å². The highest BCUT2D eigenvalue weighted by molar-refractivity contribution is 8.00. The lowest BCUT2D eigenvalue weighted by Crippen LogP contribution is -2.13. The Bertz CT molecular complexity index is 863. The van der Waals surface area contributed by atoms with Gasteiger partial charge in [0.2, 0.25) is 11.0 Å². The van der Waals surface area contributed by atoms with Crippen molar-refractivity contribution >= 4 is 34.1 Å². The molecule has 1 heterocycles. The number of rotatable bonds is 6. The summed E-state index contributed by atoms with van der Waals surface area (Å²) >= 11 is 2.81. The van der Waals surface area contributed by atoms with Crippen molar-refractivity contribution in [3.63, 3.8) is 0 Å². The van der Waals surface area contributed by atoms with E-state index in [1.807, 2.05) is 55.5 Å². The fraction of sp³-hybridized carbons (Fsp3) is 0.167. The average Bonchev–Trinajstić information content (AvgIpc) is 3.09. The normalized spacial score (nSPS) is 10.5. The molecule has 3 rings (SSSR count). The lowest BCUT2D eigenvalue weighted by Gasteiger charge is -2.04. The molecule has 3 aromatic rings. The van der Waals surface area contributed by atoms with Gasteiger partial charge in [-0.15, -0.1) is 22.0 Å². The molecule has 0 aliphatic heterocycles. The minimum atomic E-state index is -0.103. The van der Waals surface area contributed by atoms with Crippen molar-refractivity contribution in [1.29, 1.82) is 0 Å². The summed E-state index contributed by atoms with van der Waals surface area (Å²) in [6.07, 6.45) is 0. The first kappa shape index (κ1) is 17.4. The minimum Gasteiger partial charge on any atom is -0.496 e. The van der Waals surface area contributed by atoms with Crippen LogP contribution in [0.15, 0.2) is 53.4 Å². The fourth-order valence-corrected chi connectivity index (χ4v) is 3.63. The zero-order valence-electron chi connectivity index (χ0n) is 13.9. The van der Waals surface area contributed by atoms with Gasteiger partial charge in [-0.05, 0) is 31.2 Å². The Balaban J connectivity index is 1.61. The molecule has 25 heavy (non-hydrogen) atoms. The Kier molecular flexibility index (Phi) is 5.67. The summed E-state index contributed by atoms with van der Waals surface area (Å²) in [6, 6.07) is 15.7. The minimum absolute atomic E-state index is 0.103. The number of hydrogen-bond donors (Lipinski definition) is 1. The molecule has 0 aliphatic carbocycles. The van der Waals surface area contributed by atoms with E-state index >= 15 is 0 Å². The van der Waals surface area contributed by atoms with Crippen molar-refractivity contribution < 1.29 is 9.53 Å². The number of carbonyl (C=O) groups is 1. The Labute approximate surface area is 154 Å². The largest absolute Gasteiger partial charge is 0.496 e. The van der Waals surface area contributed by atoms with Gasteiger partial charge >= 0.3 is 0 Å². The van der Waals surface area contributed by atoms with Crippen LogP contribution in [0.5, 0.6) is 5.75 Å². The Hall–Kier alpha value is -2.38. The van der Waals surface area contributed by atoms with Crippen molar-refractivity contribution in [2.24, 2.45) is 0 Å². The summed E-state index contributed by atoms with van der Waals surface area (Å²) in [5.41, 5.74) is 2.06. The summed E-state index contributed by atoms with van der Waals surface area (Å²) in [5, 5.41) is 12.2. The van der Waals surface area contributed by atoms with Crippen LogP contribution in [0.25, 0.3) is 10.6 Å². The molecule has 0 fully saturated rings. The molecule has 0 spiro atoms. The number of ether oxygens (including phenoxy) is 1. The van der Waals surface area contributed by atoms with Gasteiger partial charge in [-0.1, -0.05) is 41.2 Å². The summed E-state index contributed by atoms with van der Waals surface area (Å²) < 4.78 is 5.33. The second-order valence-electron chi connectivity index (χ2n) is 5.26. The van der Waals surface area contributed by atoms with Gasteiger partial charge < -0.3 is 4.74 Å². The molecule has 0 aliphatic rings. The summed E-state index contributed by atoms with van der Waals surface area (Å²) in [6.45, 7) is 2.04. The fourth-order valence-electron chi connectivity index (χ4n) is 2.14. The van der Waals surface area contributed by atoms with Crippen LogP contribution in [-0.4, -0.2) is 29.0 Å². The van der Waals surface area contributed by atoms with Crippen molar-refractivity contribution in [1.82, 2.24) is 10.2 Å². The predicted molar refractivity (Wildman–Crippen MR) is 102 cm³/mol. The molecule has 5 nitrogen and oxygen atoms in total. The van der Waals surface area contributed by atoms with Gasteiger partial charge in [0.05, 0.1) is 18.4 Å². The van der Waals surface area contributed by atoms with Crippen molar-refractivity contribution in [2.45, 2.75) is 11.8 Å². The molecular weight excluding hydrogens is 354 g/mol.